The number of hydrogen-bond donors (Lipinski definition) is 2. The Kier molecular flexibility index (Phi) is 4.82. The first-order valence-corrected chi connectivity index (χ1v) is 7.48. The number of halogens is 6. The van der Waals surface area contributed by atoms with Crippen molar-refractivity contribution in [1.29, 1.82) is 0 Å². The summed E-state index contributed by atoms with van der Waals surface area (Å²) >= 11 is 0. The van der Waals surface area contributed by atoms with Gasteiger partial charge in [-0.2, -0.15) is 31.4 Å². The van der Waals surface area contributed by atoms with Crippen LogP contribution in [0.4, 0.5) is 26.3 Å². The Hall–Kier alpha value is -2.17. The Bertz CT molecular complexity index is 744. The van der Waals surface area contributed by atoms with E-state index in [0.717, 1.165) is 11.1 Å². The van der Waals surface area contributed by atoms with Crippen molar-refractivity contribution >= 4 is 5.70 Å². The van der Waals surface area contributed by atoms with Crippen LogP contribution in [0, 0.1) is 0 Å². The molecule has 1 aliphatic rings. The van der Waals surface area contributed by atoms with Crippen molar-refractivity contribution in [2.24, 2.45) is 12.8 Å². The van der Waals surface area contributed by atoms with Crippen LogP contribution in [0.5, 0.6) is 0 Å². The molecule has 11 heteroatoms. The fraction of sp³-hybridized carbons (Fsp3) is 0.533. The quantitative estimate of drug-likeness (QED) is 0.787. The number of β-amino-alcohol motifs (C(OH)–C–C–N with tert-alkyl or cyclic N) is 1. The van der Waals surface area contributed by atoms with E-state index in [-0.39, 0.29) is 11.3 Å². The highest BCUT2D eigenvalue weighted by atomic mass is 19.4. The number of hydrogen-bond acceptors (Lipinski definition) is 4. The molecule has 2 atom stereocenters. The van der Waals surface area contributed by atoms with Gasteiger partial charge in [0.15, 0.2) is 5.60 Å². The summed E-state index contributed by atoms with van der Waals surface area (Å²) in [7, 11) is 1.46. The summed E-state index contributed by atoms with van der Waals surface area (Å²) < 4.78 is 81.1. The Morgan fingerprint density at radius 3 is 2.23 bits per heavy atom. The van der Waals surface area contributed by atoms with Gasteiger partial charge in [-0.15, -0.1) is 0 Å². The molecular formula is C15H18F6N4O. The average Bonchev–Trinajstić information content (AvgIpc) is 2.87. The van der Waals surface area contributed by atoms with Crippen LogP contribution in [0.15, 0.2) is 29.7 Å². The largest absolute Gasteiger partial charge is 0.418 e. The summed E-state index contributed by atoms with van der Waals surface area (Å²) in [5.74, 6) is 0. The van der Waals surface area contributed by atoms with Gasteiger partial charge in [0.2, 0.25) is 0 Å². The first-order valence-electron chi connectivity index (χ1n) is 7.48. The van der Waals surface area contributed by atoms with Crippen LogP contribution in [0.2, 0.25) is 0 Å². The number of aliphatic hydroxyl groups is 1. The third-order valence-electron chi connectivity index (χ3n) is 4.18. The van der Waals surface area contributed by atoms with Gasteiger partial charge in [-0.3, -0.25) is 4.68 Å². The van der Waals surface area contributed by atoms with Crippen molar-refractivity contribution in [2.45, 2.75) is 37.8 Å². The molecule has 2 rings (SSSR count). The van der Waals surface area contributed by atoms with Crippen molar-refractivity contribution in [3.05, 3.63) is 35.3 Å². The second kappa shape index (κ2) is 6.22. The normalized spacial score (nSPS) is 21.7. The van der Waals surface area contributed by atoms with Crippen LogP contribution in [-0.4, -0.2) is 50.3 Å². The highest BCUT2D eigenvalue weighted by Gasteiger charge is 2.52. The Balaban J connectivity index is 2.67. The Labute approximate surface area is 145 Å². The van der Waals surface area contributed by atoms with E-state index in [9.17, 15) is 31.4 Å². The second-order valence-electron chi connectivity index (χ2n) is 6.38. The maximum Gasteiger partial charge on any atom is 0.418 e. The van der Waals surface area contributed by atoms with Gasteiger partial charge in [0.25, 0.3) is 0 Å². The molecule has 26 heavy (non-hydrogen) atoms. The highest BCUT2D eigenvalue weighted by Crippen LogP contribution is 2.42. The van der Waals surface area contributed by atoms with Crippen molar-refractivity contribution in [2.75, 3.05) is 6.54 Å². The molecule has 0 bridgehead atoms. The predicted octanol–water partition coefficient (Wildman–Crippen LogP) is 2.55. The number of nitrogens with zero attached hydrogens (tertiary/aromatic N) is 3. The second-order valence-corrected chi connectivity index (χ2v) is 6.38. The number of alkyl halides is 6. The average molecular weight is 384 g/mol. The van der Waals surface area contributed by atoms with E-state index in [4.69, 9.17) is 5.73 Å². The molecule has 1 aliphatic heterocycles. The Morgan fingerprint density at radius 2 is 1.81 bits per heavy atom. The topological polar surface area (TPSA) is 67.3 Å². The molecule has 2 unspecified atom stereocenters. The highest BCUT2D eigenvalue weighted by molar-refractivity contribution is 5.72. The third kappa shape index (κ3) is 3.67. The maximum atomic E-state index is 13.5. The lowest BCUT2D eigenvalue weighted by Crippen LogP contribution is -2.54. The smallest absolute Gasteiger partial charge is 0.400 e. The minimum Gasteiger partial charge on any atom is -0.400 e. The van der Waals surface area contributed by atoms with E-state index in [1.807, 2.05) is 0 Å². The summed E-state index contributed by atoms with van der Waals surface area (Å²) in [4.78, 5) is 0.808. The molecule has 0 amide bonds. The molecule has 0 saturated heterocycles. The van der Waals surface area contributed by atoms with Crippen LogP contribution in [0.1, 0.15) is 19.4 Å². The molecular weight excluding hydrogens is 366 g/mol. The van der Waals surface area contributed by atoms with E-state index in [0.29, 0.717) is 13.0 Å². The zero-order valence-corrected chi connectivity index (χ0v) is 14.2. The van der Waals surface area contributed by atoms with Crippen LogP contribution in [0.3, 0.4) is 0 Å². The molecule has 5 nitrogen and oxygen atoms in total. The summed E-state index contributed by atoms with van der Waals surface area (Å²) in [5.41, 5.74) is 0.377. The van der Waals surface area contributed by atoms with Gasteiger partial charge in [-0.25, -0.2) is 0 Å². The van der Waals surface area contributed by atoms with E-state index >= 15 is 0 Å². The van der Waals surface area contributed by atoms with Gasteiger partial charge < -0.3 is 15.7 Å². The number of nitrogens with two attached hydrogens (primary N) is 1. The standard InChI is InChI=1S/C15H18F6N4O/c1-8-11(22)4-10(14(16,17)18)12(9-5-23-24(3)6-9)25(8)7-13(2,26)15(19,20)21/h4-6,8,26H,7,22H2,1-3H3. The number of aromatic nitrogens is 2. The summed E-state index contributed by atoms with van der Waals surface area (Å²) in [6, 6.07) is -0.995. The fourth-order valence-electron chi connectivity index (χ4n) is 2.60. The van der Waals surface area contributed by atoms with Gasteiger partial charge in [-0.1, -0.05) is 0 Å². The van der Waals surface area contributed by atoms with Crippen LogP contribution in [-0.2, 0) is 7.05 Å². The molecule has 0 aliphatic carbocycles. The van der Waals surface area contributed by atoms with Crippen molar-refractivity contribution in [3.8, 4) is 0 Å². The first kappa shape index (κ1) is 20.1. The van der Waals surface area contributed by atoms with E-state index in [1.54, 1.807) is 0 Å². The fourth-order valence-corrected chi connectivity index (χ4v) is 2.60. The number of aryl methyl sites for hydroxylation is 1. The lowest BCUT2D eigenvalue weighted by molar-refractivity contribution is -0.256. The van der Waals surface area contributed by atoms with Gasteiger partial charge in [-0.05, 0) is 19.9 Å². The van der Waals surface area contributed by atoms with E-state index in [1.165, 1.54) is 24.9 Å². The molecule has 3 N–H and O–H groups in total. The molecule has 0 aromatic carbocycles. The van der Waals surface area contributed by atoms with Crippen LogP contribution in [0.25, 0.3) is 5.70 Å². The number of rotatable bonds is 3. The molecule has 0 spiro atoms. The molecule has 1 aromatic rings. The van der Waals surface area contributed by atoms with Crippen LogP contribution >= 0.6 is 0 Å². The zero-order valence-electron chi connectivity index (χ0n) is 14.2. The lowest BCUT2D eigenvalue weighted by Gasteiger charge is -2.42. The van der Waals surface area contributed by atoms with Crippen molar-refractivity contribution in [3.63, 3.8) is 0 Å². The molecule has 2 heterocycles. The molecule has 146 valence electrons. The maximum absolute atomic E-state index is 13.5. The van der Waals surface area contributed by atoms with Gasteiger partial charge in [0.05, 0.1) is 30.1 Å². The van der Waals surface area contributed by atoms with E-state index in [2.05, 4.69) is 5.10 Å². The molecule has 0 radical (unpaired) electrons. The van der Waals surface area contributed by atoms with Gasteiger partial charge >= 0.3 is 12.4 Å². The zero-order chi connectivity index (χ0) is 20.1. The SMILES string of the molecule is CC1C(N)=CC(C(F)(F)F)=C(c2cnn(C)c2)N1CC(C)(O)C(F)(F)F. The predicted molar refractivity (Wildman–Crippen MR) is 81.3 cm³/mol. The van der Waals surface area contributed by atoms with Gasteiger partial charge in [0.1, 0.15) is 0 Å². The summed E-state index contributed by atoms with van der Waals surface area (Å²) in [6.45, 7) is 0.736. The third-order valence-corrected chi connectivity index (χ3v) is 4.18. The minimum absolute atomic E-state index is 0.0339. The van der Waals surface area contributed by atoms with Crippen molar-refractivity contribution < 1.29 is 31.4 Å². The summed E-state index contributed by atoms with van der Waals surface area (Å²) in [6.07, 6.45) is -6.85. The summed E-state index contributed by atoms with van der Waals surface area (Å²) in [5, 5.41) is 13.6. The number of allylic oxidation sites excluding steroid dienone is 2. The molecule has 0 fully saturated rings. The lowest BCUT2D eigenvalue weighted by atomic mass is 9.95. The monoisotopic (exact) mass is 384 g/mol. The molecule has 1 aromatic heterocycles. The minimum atomic E-state index is -5.04. The Morgan fingerprint density at radius 1 is 1.23 bits per heavy atom. The van der Waals surface area contributed by atoms with Gasteiger partial charge in [0, 0.05) is 24.5 Å². The first-order chi connectivity index (χ1) is 11.6. The molecule has 0 saturated carbocycles. The van der Waals surface area contributed by atoms with Crippen LogP contribution < -0.4 is 5.73 Å². The van der Waals surface area contributed by atoms with Crippen molar-refractivity contribution in [1.82, 2.24) is 14.7 Å². The van der Waals surface area contributed by atoms with E-state index < -0.39 is 41.8 Å².